The summed E-state index contributed by atoms with van der Waals surface area (Å²) in [5, 5.41) is 10.4. The predicted molar refractivity (Wildman–Crippen MR) is 120 cm³/mol. The second kappa shape index (κ2) is 7.67. The quantitative estimate of drug-likeness (QED) is 0.725. The van der Waals surface area contributed by atoms with Gasteiger partial charge in [-0.05, 0) is 53.2 Å². The van der Waals surface area contributed by atoms with Gasteiger partial charge in [0.2, 0.25) is 5.95 Å². The smallest absolute Gasteiger partial charge is 0.427 e. The monoisotopic (exact) mass is 456 g/mol. The van der Waals surface area contributed by atoms with Crippen LogP contribution in [0.1, 0.15) is 46.4 Å². The van der Waals surface area contributed by atoms with Crippen LogP contribution in [0.3, 0.4) is 0 Å². The van der Waals surface area contributed by atoms with E-state index in [4.69, 9.17) is 14.2 Å². The minimum Gasteiger partial charge on any atom is -0.464 e. The number of fused-ring (bicyclic) bond motifs is 2. The van der Waals surface area contributed by atoms with E-state index in [1.807, 2.05) is 36.8 Å². The molecule has 0 unspecified atom stereocenters. The first-order chi connectivity index (χ1) is 15.3. The fourth-order valence-corrected chi connectivity index (χ4v) is 4.17. The van der Waals surface area contributed by atoms with Crippen molar-refractivity contribution in [3.05, 3.63) is 42.3 Å². The molecule has 33 heavy (non-hydrogen) atoms. The standard InChI is InChI=1S/C23H28N4O6/c1-8-13-11-15(17-16(13)31-23(6,7)32-17)26-10-9-14-12(2)24-19(25-18(14)26)27(20(28)29)21(30)33-22(3,4)5/h8-11,15-17H,1H2,2-7H3,(H,28,29)/t15-,16-,17+/m1/s1. The first kappa shape index (κ1) is 22.9. The van der Waals surface area contributed by atoms with Gasteiger partial charge in [-0.15, -0.1) is 4.90 Å². The zero-order valence-electron chi connectivity index (χ0n) is 19.5. The van der Waals surface area contributed by atoms with Crippen molar-refractivity contribution in [1.29, 1.82) is 0 Å². The zero-order chi connectivity index (χ0) is 24.3. The summed E-state index contributed by atoms with van der Waals surface area (Å²) in [5.74, 6) is -1.04. The van der Waals surface area contributed by atoms with Crippen LogP contribution in [0.2, 0.25) is 0 Å². The number of anilines is 1. The van der Waals surface area contributed by atoms with Gasteiger partial charge in [0.15, 0.2) is 5.79 Å². The van der Waals surface area contributed by atoms with Crippen molar-refractivity contribution < 1.29 is 28.9 Å². The minimum atomic E-state index is -1.54. The van der Waals surface area contributed by atoms with Crippen LogP contribution >= 0.6 is 0 Å². The third-order valence-electron chi connectivity index (χ3n) is 5.43. The Hall–Kier alpha value is -3.24. The Balaban J connectivity index is 1.80. The lowest BCUT2D eigenvalue weighted by molar-refractivity contribution is -0.147. The molecule has 4 rings (SSSR count). The van der Waals surface area contributed by atoms with Crippen molar-refractivity contribution in [2.24, 2.45) is 0 Å². The highest BCUT2D eigenvalue weighted by Crippen LogP contribution is 2.44. The molecule has 176 valence electrons. The molecule has 1 saturated heterocycles. The van der Waals surface area contributed by atoms with Crippen molar-refractivity contribution in [1.82, 2.24) is 14.5 Å². The summed E-state index contributed by atoms with van der Waals surface area (Å²) in [6.45, 7) is 14.3. The Bertz CT molecular complexity index is 1180. The van der Waals surface area contributed by atoms with E-state index in [-0.39, 0.29) is 24.2 Å². The molecule has 2 aromatic rings. The Morgan fingerprint density at radius 3 is 2.61 bits per heavy atom. The van der Waals surface area contributed by atoms with Crippen LogP contribution in [-0.4, -0.2) is 55.4 Å². The van der Waals surface area contributed by atoms with Crippen LogP contribution < -0.4 is 4.90 Å². The minimum absolute atomic E-state index is 0.274. The average Bonchev–Trinajstić information content (AvgIpc) is 3.30. The Morgan fingerprint density at radius 2 is 2.00 bits per heavy atom. The molecular formula is C23H28N4O6. The zero-order valence-corrected chi connectivity index (χ0v) is 19.5. The molecule has 2 aliphatic rings. The number of amides is 2. The van der Waals surface area contributed by atoms with Crippen LogP contribution in [0, 0.1) is 6.92 Å². The van der Waals surface area contributed by atoms with E-state index in [2.05, 4.69) is 16.5 Å². The van der Waals surface area contributed by atoms with E-state index in [0.29, 0.717) is 16.2 Å². The van der Waals surface area contributed by atoms with E-state index in [1.54, 1.807) is 33.8 Å². The van der Waals surface area contributed by atoms with Crippen molar-refractivity contribution in [3.8, 4) is 0 Å². The number of hydrogen-bond donors (Lipinski definition) is 1. The van der Waals surface area contributed by atoms with Gasteiger partial charge in [0, 0.05) is 11.6 Å². The summed E-state index contributed by atoms with van der Waals surface area (Å²) >= 11 is 0. The van der Waals surface area contributed by atoms with Crippen molar-refractivity contribution in [2.75, 3.05) is 4.90 Å². The van der Waals surface area contributed by atoms with Gasteiger partial charge in [0.05, 0.1) is 11.7 Å². The highest BCUT2D eigenvalue weighted by atomic mass is 16.8. The summed E-state index contributed by atoms with van der Waals surface area (Å²) in [5.41, 5.74) is 1.01. The maximum Gasteiger partial charge on any atom is 0.427 e. The molecule has 2 aromatic heterocycles. The number of aromatic nitrogens is 3. The lowest BCUT2D eigenvalue weighted by atomic mass is 10.1. The number of carbonyl (C=O) groups excluding carboxylic acids is 1. The van der Waals surface area contributed by atoms with Gasteiger partial charge in [0.25, 0.3) is 0 Å². The summed E-state index contributed by atoms with van der Waals surface area (Å²) in [6.07, 6.45) is 2.38. The molecule has 1 aliphatic heterocycles. The molecule has 0 aromatic carbocycles. The molecule has 2 amide bonds. The van der Waals surface area contributed by atoms with Crippen LogP contribution in [0.25, 0.3) is 11.0 Å². The molecule has 10 nitrogen and oxygen atoms in total. The van der Waals surface area contributed by atoms with Gasteiger partial charge in [-0.2, -0.15) is 4.98 Å². The fourth-order valence-electron chi connectivity index (χ4n) is 4.17. The van der Waals surface area contributed by atoms with Gasteiger partial charge in [-0.25, -0.2) is 14.6 Å². The summed E-state index contributed by atoms with van der Waals surface area (Å²) in [4.78, 5) is 33.7. The summed E-state index contributed by atoms with van der Waals surface area (Å²) in [7, 11) is 0. The second-order valence-corrected chi connectivity index (χ2v) is 9.55. The maximum atomic E-state index is 12.6. The van der Waals surface area contributed by atoms with E-state index in [1.165, 1.54) is 0 Å². The van der Waals surface area contributed by atoms with Crippen LogP contribution in [0.15, 0.2) is 36.6 Å². The Kier molecular flexibility index (Phi) is 5.33. The maximum absolute atomic E-state index is 12.6. The van der Waals surface area contributed by atoms with Crippen molar-refractivity contribution in [2.45, 2.75) is 71.2 Å². The van der Waals surface area contributed by atoms with Crippen LogP contribution in [0.5, 0.6) is 0 Å². The SMILES string of the molecule is C=CC1=C[C@@H](n2ccc3c(C)nc(N(C(=O)O)C(=O)OC(C)(C)C)nc32)[C@@H]2OC(C)(C)O[C@H]12. The molecule has 1 fully saturated rings. The van der Waals surface area contributed by atoms with E-state index in [9.17, 15) is 14.7 Å². The highest BCUT2D eigenvalue weighted by molar-refractivity contribution is 6.07. The molecule has 10 heteroatoms. The number of aryl methyl sites for hydroxylation is 1. The van der Waals surface area contributed by atoms with Crippen LogP contribution in [0.4, 0.5) is 15.5 Å². The second-order valence-electron chi connectivity index (χ2n) is 9.55. The topological polar surface area (TPSA) is 116 Å². The molecular weight excluding hydrogens is 428 g/mol. The van der Waals surface area contributed by atoms with Gasteiger partial charge in [-0.1, -0.05) is 18.7 Å². The molecule has 0 spiro atoms. The van der Waals surface area contributed by atoms with Gasteiger partial charge in [-0.3, -0.25) is 0 Å². The molecule has 0 bridgehead atoms. The van der Waals surface area contributed by atoms with Crippen molar-refractivity contribution in [3.63, 3.8) is 0 Å². The van der Waals surface area contributed by atoms with Gasteiger partial charge >= 0.3 is 12.2 Å². The van der Waals surface area contributed by atoms with E-state index >= 15 is 0 Å². The first-order valence-corrected chi connectivity index (χ1v) is 10.6. The largest absolute Gasteiger partial charge is 0.464 e. The summed E-state index contributed by atoms with van der Waals surface area (Å²) in [6, 6.07) is 1.58. The van der Waals surface area contributed by atoms with E-state index in [0.717, 1.165) is 11.0 Å². The molecule has 1 N–H and O–H groups in total. The number of hydrogen-bond acceptors (Lipinski definition) is 7. The van der Waals surface area contributed by atoms with E-state index < -0.39 is 23.6 Å². The lowest BCUT2D eigenvalue weighted by Crippen LogP contribution is -2.41. The number of rotatable bonds is 3. The lowest BCUT2D eigenvalue weighted by Gasteiger charge is -2.24. The van der Waals surface area contributed by atoms with Gasteiger partial charge < -0.3 is 23.9 Å². The predicted octanol–water partition coefficient (Wildman–Crippen LogP) is 4.35. The molecule has 0 radical (unpaired) electrons. The number of ether oxygens (including phenoxy) is 3. The fraction of sp³-hybridized carbons (Fsp3) is 0.478. The first-order valence-electron chi connectivity index (χ1n) is 10.6. The molecule has 0 saturated carbocycles. The third kappa shape index (κ3) is 4.11. The van der Waals surface area contributed by atoms with Gasteiger partial charge in [0.1, 0.15) is 23.5 Å². The van der Waals surface area contributed by atoms with Crippen molar-refractivity contribution >= 4 is 29.2 Å². The molecule has 1 aliphatic carbocycles. The molecule has 3 atom stereocenters. The molecule has 3 heterocycles. The Morgan fingerprint density at radius 1 is 1.30 bits per heavy atom. The summed E-state index contributed by atoms with van der Waals surface area (Å²) < 4.78 is 19.3. The number of nitrogens with zero attached hydrogens (tertiary/aromatic N) is 4. The average molecular weight is 456 g/mol. The number of carboxylic acid groups (broad SMARTS) is 1. The normalized spacial score (nSPS) is 23.8. The number of imide groups is 1. The highest BCUT2D eigenvalue weighted by Gasteiger charge is 2.50. The van der Waals surface area contributed by atoms with Crippen LogP contribution in [-0.2, 0) is 14.2 Å². The third-order valence-corrected chi connectivity index (χ3v) is 5.43. The number of carbonyl (C=O) groups is 2. The Labute approximate surface area is 191 Å².